The lowest BCUT2D eigenvalue weighted by Crippen LogP contribution is -2.39. The lowest BCUT2D eigenvalue weighted by atomic mass is 10.1. The highest BCUT2D eigenvalue weighted by molar-refractivity contribution is 8.00. The first-order valence-corrected chi connectivity index (χ1v) is 9.87. The molecule has 1 atom stereocenters. The highest BCUT2D eigenvalue weighted by Gasteiger charge is 2.32. The third kappa shape index (κ3) is 3.61. The first-order chi connectivity index (χ1) is 12.0. The molecular weight excluding hydrogens is 356 g/mol. The standard InChI is InChI=1S/C17H22N4O2S2/c1-20(2)17-19-14(16(22)21-7-8-24-13(21)10-18)15(25-17)11-5-4-6-12(9-11)23-3/h4-6,9,13H,7-8,10,18H2,1-3H3. The summed E-state index contributed by atoms with van der Waals surface area (Å²) in [6, 6.07) is 7.72. The molecule has 0 radical (unpaired) electrons. The lowest BCUT2D eigenvalue weighted by Gasteiger charge is -2.22. The molecule has 1 saturated heterocycles. The van der Waals surface area contributed by atoms with E-state index < -0.39 is 0 Å². The van der Waals surface area contributed by atoms with Crippen molar-refractivity contribution in [3.8, 4) is 16.2 Å². The van der Waals surface area contributed by atoms with Gasteiger partial charge < -0.3 is 20.3 Å². The zero-order valence-electron chi connectivity index (χ0n) is 14.6. The van der Waals surface area contributed by atoms with E-state index in [1.807, 2.05) is 48.2 Å². The number of rotatable bonds is 5. The summed E-state index contributed by atoms with van der Waals surface area (Å²) in [7, 11) is 5.49. The van der Waals surface area contributed by atoms with Gasteiger partial charge in [0.15, 0.2) is 5.13 Å². The van der Waals surface area contributed by atoms with E-state index in [0.717, 1.165) is 27.1 Å². The minimum Gasteiger partial charge on any atom is -0.497 e. The van der Waals surface area contributed by atoms with Gasteiger partial charge in [-0.2, -0.15) is 0 Å². The number of hydrogen-bond acceptors (Lipinski definition) is 7. The van der Waals surface area contributed by atoms with Gasteiger partial charge in [0, 0.05) is 32.9 Å². The first kappa shape index (κ1) is 18.0. The molecule has 25 heavy (non-hydrogen) atoms. The Balaban J connectivity index is 2.04. The van der Waals surface area contributed by atoms with Gasteiger partial charge >= 0.3 is 0 Å². The predicted molar refractivity (Wildman–Crippen MR) is 105 cm³/mol. The maximum absolute atomic E-state index is 13.2. The number of nitrogens with zero attached hydrogens (tertiary/aromatic N) is 3. The van der Waals surface area contributed by atoms with Crippen LogP contribution >= 0.6 is 23.1 Å². The molecule has 2 heterocycles. The molecule has 1 aromatic heterocycles. The monoisotopic (exact) mass is 378 g/mol. The topological polar surface area (TPSA) is 71.7 Å². The van der Waals surface area contributed by atoms with Crippen molar-refractivity contribution in [1.82, 2.24) is 9.88 Å². The smallest absolute Gasteiger partial charge is 0.275 e. The number of methoxy groups -OCH3 is 1. The largest absolute Gasteiger partial charge is 0.497 e. The van der Waals surface area contributed by atoms with E-state index in [1.54, 1.807) is 18.9 Å². The molecule has 0 spiro atoms. The van der Waals surface area contributed by atoms with Gasteiger partial charge in [-0.1, -0.05) is 23.5 Å². The second-order valence-corrected chi connectivity index (χ2v) is 8.12. The van der Waals surface area contributed by atoms with Crippen LogP contribution in [0.5, 0.6) is 5.75 Å². The van der Waals surface area contributed by atoms with Crippen molar-refractivity contribution in [2.45, 2.75) is 5.37 Å². The summed E-state index contributed by atoms with van der Waals surface area (Å²) in [5.41, 5.74) is 7.25. The number of amides is 1. The van der Waals surface area contributed by atoms with Gasteiger partial charge in [0.2, 0.25) is 0 Å². The Kier molecular flexibility index (Phi) is 5.51. The molecule has 1 amide bonds. The Bertz CT molecular complexity index is 763. The quantitative estimate of drug-likeness (QED) is 0.861. The number of hydrogen-bond donors (Lipinski definition) is 1. The van der Waals surface area contributed by atoms with Crippen LogP contribution in [0, 0.1) is 0 Å². The van der Waals surface area contributed by atoms with Gasteiger partial charge in [0.25, 0.3) is 5.91 Å². The Labute approximate surface area is 156 Å². The summed E-state index contributed by atoms with van der Waals surface area (Å²) in [5.74, 6) is 1.61. The molecule has 0 aliphatic carbocycles. The number of nitrogens with two attached hydrogens (primary N) is 1. The summed E-state index contributed by atoms with van der Waals surface area (Å²) in [6.45, 7) is 1.16. The minimum atomic E-state index is -0.0531. The van der Waals surface area contributed by atoms with Crippen molar-refractivity contribution < 1.29 is 9.53 Å². The molecule has 0 saturated carbocycles. The van der Waals surface area contributed by atoms with Crippen molar-refractivity contribution in [2.24, 2.45) is 5.73 Å². The lowest BCUT2D eigenvalue weighted by molar-refractivity contribution is 0.0760. The Morgan fingerprint density at radius 2 is 2.28 bits per heavy atom. The van der Waals surface area contributed by atoms with Crippen LogP contribution in [0.3, 0.4) is 0 Å². The molecule has 6 nitrogen and oxygen atoms in total. The van der Waals surface area contributed by atoms with Crippen LogP contribution in [0.25, 0.3) is 10.4 Å². The molecule has 8 heteroatoms. The highest BCUT2D eigenvalue weighted by Crippen LogP contribution is 2.37. The number of thiazole rings is 1. The summed E-state index contributed by atoms with van der Waals surface area (Å²) in [5, 5.41) is 0.826. The van der Waals surface area contributed by atoms with Crippen LogP contribution < -0.4 is 15.4 Å². The van der Waals surface area contributed by atoms with Crippen LogP contribution in [0.1, 0.15) is 10.5 Å². The minimum absolute atomic E-state index is 0.0233. The normalized spacial score (nSPS) is 17.0. The van der Waals surface area contributed by atoms with Crippen molar-refractivity contribution in [3.05, 3.63) is 30.0 Å². The SMILES string of the molecule is COc1cccc(-c2sc(N(C)C)nc2C(=O)N2CCSC2CN)c1. The number of ether oxygens (including phenoxy) is 1. The van der Waals surface area contributed by atoms with Crippen molar-refractivity contribution >= 4 is 34.1 Å². The average Bonchev–Trinajstić information content (AvgIpc) is 3.28. The first-order valence-electron chi connectivity index (χ1n) is 8.00. The van der Waals surface area contributed by atoms with Crippen molar-refractivity contribution in [2.75, 3.05) is 44.9 Å². The zero-order valence-corrected chi connectivity index (χ0v) is 16.2. The molecule has 134 valence electrons. The van der Waals surface area contributed by atoms with Crippen LogP contribution in [-0.4, -0.2) is 61.2 Å². The maximum Gasteiger partial charge on any atom is 0.275 e. The van der Waals surface area contributed by atoms with Crippen LogP contribution in [0.15, 0.2) is 24.3 Å². The van der Waals surface area contributed by atoms with E-state index in [4.69, 9.17) is 10.5 Å². The fourth-order valence-electron chi connectivity index (χ4n) is 2.69. The van der Waals surface area contributed by atoms with Crippen molar-refractivity contribution in [3.63, 3.8) is 0 Å². The summed E-state index contributed by atoms with van der Waals surface area (Å²) in [6.07, 6.45) is 0. The number of thioether (sulfide) groups is 1. The molecule has 1 aromatic carbocycles. The summed E-state index contributed by atoms with van der Waals surface area (Å²) >= 11 is 3.23. The van der Waals surface area contributed by atoms with Gasteiger partial charge in [-0.05, 0) is 17.7 Å². The number of carbonyl (C=O) groups is 1. The average molecular weight is 379 g/mol. The summed E-state index contributed by atoms with van der Waals surface area (Å²) < 4.78 is 5.32. The molecule has 1 aliphatic heterocycles. The molecule has 2 aromatic rings. The van der Waals surface area contributed by atoms with E-state index in [2.05, 4.69) is 4.98 Å². The van der Waals surface area contributed by atoms with E-state index in [-0.39, 0.29) is 11.3 Å². The van der Waals surface area contributed by atoms with Gasteiger partial charge in [-0.3, -0.25) is 4.79 Å². The number of carbonyl (C=O) groups excluding carboxylic acids is 1. The molecule has 0 bridgehead atoms. The summed E-state index contributed by atoms with van der Waals surface area (Å²) in [4.78, 5) is 22.4. The third-order valence-electron chi connectivity index (χ3n) is 3.99. The molecule has 3 rings (SSSR count). The highest BCUT2D eigenvalue weighted by atomic mass is 32.2. The molecule has 2 N–H and O–H groups in total. The van der Waals surface area contributed by atoms with Crippen molar-refractivity contribution in [1.29, 1.82) is 0 Å². The zero-order chi connectivity index (χ0) is 18.0. The predicted octanol–water partition coefficient (Wildman–Crippen LogP) is 2.36. The van der Waals surface area contributed by atoms with E-state index in [1.165, 1.54) is 11.3 Å². The van der Waals surface area contributed by atoms with Gasteiger partial charge in [-0.15, -0.1) is 11.8 Å². The maximum atomic E-state index is 13.2. The molecular formula is C17H22N4O2S2. The van der Waals surface area contributed by atoms with E-state index in [9.17, 15) is 4.79 Å². The van der Waals surface area contributed by atoms with Crippen LogP contribution in [0.4, 0.5) is 5.13 Å². The number of aromatic nitrogens is 1. The number of anilines is 1. The second-order valence-electron chi connectivity index (χ2n) is 5.86. The van der Waals surface area contributed by atoms with Crippen LogP contribution in [0.2, 0.25) is 0 Å². The van der Waals surface area contributed by atoms with Gasteiger partial charge in [0.1, 0.15) is 11.4 Å². The number of benzene rings is 1. The second kappa shape index (κ2) is 7.63. The fraction of sp³-hybridized carbons (Fsp3) is 0.412. The molecule has 1 fully saturated rings. The molecule has 1 unspecified atom stereocenters. The van der Waals surface area contributed by atoms with E-state index >= 15 is 0 Å². The van der Waals surface area contributed by atoms with Gasteiger partial charge in [0.05, 0.1) is 17.4 Å². The van der Waals surface area contributed by atoms with Gasteiger partial charge in [-0.25, -0.2) is 4.98 Å². The van der Waals surface area contributed by atoms with Crippen LogP contribution in [-0.2, 0) is 0 Å². The van der Waals surface area contributed by atoms with E-state index in [0.29, 0.717) is 18.8 Å². The Morgan fingerprint density at radius 1 is 1.48 bits per heavy atom. The fourth-order valence-corrected chi connectivity index (χ4v) is 4.76. The molecule has 1 aliphatic rings. The Morgan fingerprint density at radius 3 is 2.96 bits per heavy atom. The Hall–Kier alpha value is -1.77. The third-order valence-corrected chi connectivity index (χ3v) is 6.51.